The van der Waals surface area contributed by atoms with Crippen LogP contribution < -0.4 is 14.8 Å². The molecule has 0 radical (unpaired) electrons. The van der Waals surface area contributed by atoms with Gasteiger partial charge in [-0.05, 0) is 47.7 Å². The number of hydrogen-bond donors (Lipinski definition) is 2. The van der Waals surface area contributed by atoms with E-state index in [4.69, 9.17) is 19.7 Å². The zero-order valence-corrected chi connectivity index (χ0v) is 24.7. The van der Waals surface area contributed by atoms with Gasteiger partial charge in [0.2, 0.25) is 0 Å². The smallest absolute Gasteiger partial charge is 0.150 e. The van der Waals surface area contributed by atoms with Crippen molar-refractivity contribution in [1.82, 2.24) is 25.1 Å². The van der Waals surface area contributed by atoms with Crippen LogP contribution in [0.25, 0.3) is 10.9 Å². The van der Waals surface area contributed by atoms with Gasteiger partial charge in [0, 0.05) is 41.7 Å². The molecule has 2 aromatic heterocycles. The summed E-state index contributed by atoms with van der Waals surface area (Å²) in [5.41, 5.74) is 5.91. The summed E-state index contributed by atoms with van der Waals surface area (Å²) in [7, 11) is 3.37. The summed E-state index contributed by atoms with van der Waals surface area (Å²) in [6.07, 6.45) is 4.52. The van der Waals surface area contributed by atoms with E-state index < -0.39 is 0 Å². The van der Waals surface area contributed by atoms with Crippen LogP contribution in [0.15, 0.2) is 109 Å². The van der Waals surface area contributed by atoms with Gasteiger partial charge in [-0.3, -0.25) is 0 Å². The summed E-state index contributed by atoms with van der Waals surface area (Å²) in [6, 6.07) is 35.4. The molecule has 0 aliphatic carbocycles. The molecule has 0 saturated heterocycles. The van der Waals surface area contributed by atoms with Crippen molar-refractivity contribution in [2.75, 3.05) is 14.2 Å². The largest absolute Gasteiger partial charge is 0.497 e. The van der Waals surface area contributed by atoms with Crippen LogP contribution >= 0.6 is 0 Å². The maximum atomic E-state index is 5.79. The van der Waals surface area contributed by atoms with Gasteiger partial charge in [0.25, 0.3) is 0 Å². The quantitative estimate of drug-likeness (QED) is 0.162. The summed E-state index contributed by atoms with van der Waals surface area (Å²) in [6.45, 7) is 1.29. The number of aromatic nitrogens is 4. The molecule has 43 heavy (non-hydrogen) atoms. The second kappa shape index (κ2) is 13.4. The molecule has 6 aromatic rings. The molecule has 2 heterocycles. The first-order valence-electron chi connectivity index (χ1n) is 14.7. The van der Waals surface area contributed by atoms with Crippen LogP contribution in [0.3, 0.4) is 0 Å². The number of aromatic amines is 1. The highest BCUT2D eigenvalue weighted by Gasteiger charge is 2.24. The van der Waals surface area contributed by atoms with Crippen LogP contribution in [-0.4, -0.2) is 34.0 Å². The highest BCUT2D eigenvalue weighted by molar-refractivity contribution is 5.83. The van der Waals surface area contributed by atoms with E-state index in [0.29, 0.717) is 13.1 Å². The van der Waals surface area contributed by atoms with Crippen molar-refractivity contribution in [1.29, 1.82) is 0 Å². The van der Waals surface area contributed by atoms with Crippen LogP contribution in [0.4, 0.5) is 0 Å². The highest BCUT2D eigenvalue weighted by atomic mass is 16.5. The van der Waals surface area contributed by atoms with Gasteiger partial charge in [0.1, 0.15) is 17.3 Å². The van der Waals surface area contributed by atoms with Gasteiger partial charge in [-0.25, -0.2) is 0 Å². The fraction of sp³-hybridized carbons (Fsp3) is 0.222. The molecule has 6 rings (SSSR count). The van der Waals surface area contributed by atoms with Gasteiger partial charge in [-0.15, -0.1) is 10.2 Å². The number of aryl methyl sites for hydroxylation is 2. The third-order valence-electron chi connectivity index (χ3n) is 7.96. The zero-order chi connectivity index (χ0) is 29.4. The first-order chi connectivity index (χ1) is 21.2. The van der Waals surface area contributed by atoms with Crippen LogP contribution in [0.5, 0.6) is 11.5 Å². The molecule has 4 aromatic carbocycles. The molecule has 0 spiro atoms. The number of ether oxygens (including phenoxy) is 2. The lowest BCUT2D eigenvalue weighted by atomic mass is 10.0. The summed E-state index contributed by atoms with van der Waals surface area (Å²) in [5.74, 6) is 3.39. The number of nitrogens with zero attached hydrogens (tertiary/aromatic N) is 3. The molecule has 0 amide bonds. The number of benzene rings is 4. The molecule has 7 nitrogen and oxygen atoms in total. The fourth-order valence-electron chi connectivity index (χ4n) is 5.63. The Morgan fingerprint density at radius 1 is 0.767 bits per heavy atom. The van der Waals surface area contributed by atoms with E-state index in [2.05, 4.69) is 99.9 Å². The molecular formula is C36H37N5O2. The van der Waals surface area contributed by atoms with Crippen molar-refractivity contribution < 1.29 is 9.47 Å². The van der Waals surface area contributed by atoms with Crippen molar-refractivity contribution in [2.24, 2.45) is 0 Å². The summed E-state index contributed by atoms with van der Waals surface area (Å²) < 4.78 is 13.5. The van der Waals surface area contributed by atoms with Gasteiger partial charge < -0.3 is 24.3 Å². The third kappa shape index (κ3) is 6.63. The van der Waals surface area contributed by atoms with Crippen molar-refractivity contribution in [3.63, 3.8) is 0 Å². The Kier molecular flexibility index (Phi) is 8.80. The normalized spacial score (nSPS) is 12.0. The Bertz CT molecular complexity index is 1760. The van der Waals surface area contributed by atoms with Crippen LogP contribution in [0, 0.1) is 0 Å². The van der Waals surface area contributed by atoms with E-state index in [1.807, 2.05) is 24.3 Å². The van der Waals surface area contributed by atoms with E-state index in [1.165, 1.54) is 22.1 Å². The zero-order valence-electron chi connectivity index (χ0n) is 24.7. The van der Waals surface area contributed by atoms with Gasteiger partial charge in [-0.1, -0.05) is 78.9 Å². The number of hydrogen-bond acceptors (Lipinski definition) is 5. The number of H-pyrrole nitrogens is 1. The molecule has 7 heteroatoms. The van der Waals surface area contributed by atoms with Crippen molar-refractivity contribution in [3.05, 3.63) is 143 Å². The topological polar surface area (TPSA) is 77.0 Å². The second-order valence-electron chi connectivity index (χ2n) is 10.7. The summed E-state index contributed by atoms with van der Waals surface area (Å²) >= 11 is 0. The SMILES string of the molecule is COc1ccc(Cn2c(CCc3ccccc3)nnc2[C@@H](Cc2c[nH]c3ccccc23)NCc2ccccc2)c(OC)c1. The summed E-state index contributed by atoms with van der Waals surface area (Å²) in [4.78, 5) is 3.44. The van der Waals surface area contributed by atoms with E-state index in [1.54, 1.807) is 14.2 Å². The number of fused-ring (bicyclic) bond motifs is 1. The molecule has 0 unspecified atom stereocenters. The first kappa shape index (κ1) is 28.2. The molecule has 1 atom stereocenters. The maximum Gasteiger partial charge on any atom is 0.150 e. The molecule has 2 N–H and O–H groups in total. The van der Waals surface area contributed by atoms with E-state index in [9.17, 15) is 0 Å². The van der Waals surface area contributed by atoms with E-state index in [0.717, 1.165) is 53.5 Å². The monoisotopic (exact) mass is 571 g/mol. The standard InChI is InChI=1S/C36H37N5O2/c1-42-30-19-18-28(34(22-30)43-2)25-41-35(20-17-26-11-5-3-6-12-26)39-40-36(41)33(37-23-27-13-7-4-8-14-27)21-29-24-38-32-16-10-9-15-31(29)32/h3-16,18-19,22,24,33,37-38H,17,20-21,23,25H2,1-2H3/t33-/m1/s1. The fourth-order valence-corrected chi connectivity index (χ4v) is 5.63. The maximum absolute atomic E-state index is 5.79. The Balaban J connectivity index is 1.39. The molecule has 218 valence electrons. The van der Waals surface area contributed by atoms with Gasteiger partial charge in [0.05, 0.1) is 26.8 Å². The predicted molar refractivity (Wildman–Crippen MR) is 171 cm³/mol. The molecule has 0 bridgehead atoms. The molecule has 0 aliphatic rings. The Hall–Kier alpha value is -4.88. The van der Waals surface area contributed by atoms with Crippen molar-refractivity contribution in [3.8, 4) is 11.5 Å². The minimum Gasteiger partial charge on any atom is -0.497 e. The number of nitrogens with one attached hydrogen (secondary N) is 2. The van der Waals surface area contributed by atoms with Crippen molar-refractivity contribution in [2.45, 2.75) is 38.4 Å². The molecule has 0 saturated carbocycles. The predicted octanol–water partition coefficient (Wildman–Crippen LogP) is 6.68. The number of para-hydroxylation sites is 1. The molecule has 0 fully saturated rings. The third-order valence-corrected chi connectivity index (χ3v) is 7.96. The Labute approximate surface area is 252 Å². The first-order valence-corrected chi connectivity index (χ1v) is 14.7. The lowest BCUT2D eigenvalue weighted by Crippen LogP contribution is -2.27. The lowest BCUT2D eigenvalue weighted by molar-refractivity contribution is 0.389. The number of methoxy groups -OCH3 is 2. The van der Waals surface area contributed by atoms with Gasteiger partial charge in [0.15, 0.2) is 5.82 Å². The number of rotatable bonds is 13. The molecular weight excluding hydrogens is 534 g/mol. The van der Waals surface area contributed by atoms with Crippen LogP contribution in [-0.2, 0) is 32.4 Å². The average molecular weight is 572 g/mol. The lowest BCUT2D eigenvalue weighted by Gasteiger charge is -2.21. The van der Waals surface area contributed by atoms with E-state index >= 15 is 0 Å². The minimum absolute atomic E-state index is 0.0818. The Morgan fingerprint density at radius 3 is 2.28 bits per heavy atom. The van der Waals surface area contributed by atoms with Crippen molar-refractivity contribution >= 4 is 10.9 Å². The second-order valence-corrected chi connectivity index (χ2v) is 10.7. The highest BCUT2D eigenvalue weighted by Crippen LogP contribution is 2.29. The minimum atomic E-state index is -0.0818. The Morgan fingerprint density at radius 2 is 1.51 bits per heavy atom. The van der Waals surface area contributed by atoms with Crippen LogP contribution in [0.2, 0.25) is 0 Å². The van der Waals surface area contributed by atoms with E-state index in [-0.39, 0.29) is 6.04 Å². The van der Waals surface area contributed by atoms with Gasteiger partial charge >= 0.3 is 0 Å². The van der Waals surface area contributed by atoms with Crippen LogP contribution in [0.1, 0.15) is 39.9 Å². The average Bonchev–Trinajstić information content (AvgIpc) is 3.66. The van der Waals surface area contributed by atoms with Gasteiger partial charge in [-0.2, -0.15) is 0 Å². The molecule has 0 aliphatic heterocycles. The summed E-state index contributed by atoms with van der Waals surface area (Å²) in [5, 5.41) is 14.7.